The number of alkyl halides is 3. The van der Waals surface area contributed by atoms with Gasteiger partial charge in [-0.15, -0.1) is 0 Å². The standard InChI is InChI=1S/C17H13Cl2F3N4O2S/c18-8-4-9(19)13-6(1-2-28-13)11(8)12-7-3-10(14(27)24-5-17(20,21)22)29-15(7)26-16(23)25-12/h3-4,7,12H,1-2,5H2,(H2,23,25)(H,24,27). The van der Waals surface area contributed by atoms with Gasteiger partial charge >= 0.3 is 6.18 Å². The molecule has 0 radical (unpaired) electrons. The van der Waals surface area contributed by atoms with Gasteiger partial charge in [-0.3, -0.25) is 4.79 Å². The van der Waals surface area contributed by atoms with Gasteiger partial charge in [-0.1, -0.05) is 41.0 Å². The van der Waals surface area contributed by atoms with Crippen molar-refractivity contribution in [2.75, 3.05) is 13.2 Å². The highest BCUT2D eigenvalue weighted by atomic mass is 35.5. The third-order valence-electron chi connectivity index (χ3n) is 4.56. The molecule has 0 spiro atoms. The first-order chi connectivity index (χ1) is 13.6. The number of amides is 1. The van der Waals surface area contributed by atoms with E-state index in [1.807, 2.05) is 5.32 Å². The van der Waals surface area contributed by atoms with E-state index in [1.165, 1.54) is 0 Å². The van der Waals surface area contributed by atoms with E-state index >= 15 is 0 Å². The molecule has 2 atom stereocenters. The van der Waals surface area contributed by atoms with Crippen molar-refractivity contribution >= 4 is 51.9 Å². The summed E-state index contributed by atoms with van der Waals surface area (Å²) in [5.74, 6) is -0.792. The zero-order valence-electron chi connectivity index (χ0n) is 14.5. The van der Waals surface area contributed by atoms with E-state index in [0.717, 1.165) is 17.3 Å². The molecule has 3 heterocycles. The second kappa shape index (κ2) is 7.41. The lowest BCUT2D eigenvalue weighted by atomic mass is 9.89. The molecule has 3 N–H and O–H groups in total. The lowest BCUT2D eigenvalue weighted by Crippen LogP contribution is -2.33. The van der Waals surface area contributed by atoms with Crippen molar-refractivity contribution in [3.8, 4) is 5.75 Å². The molecule has 0 saturated carbocycles. The molecule has 12 heteroatoms. The number of carbonyl (C=O) groups excluding carboxylic acids is 1. The van der Waals surface area contributed by atoms with E-state index in [-0.39, 0.29) is 10.9 Å². The minimum Gasteiger partial charge on any atom is -0.491 e. The van der Waals surface area contributed by atoms with Crippen LogP contribution in [0, 0.1) is 5.92 Å². The van der Waals surface area contributed by atoms with Crippen molar-refractivity contribution in [3.63, 3.8) is 0 Å². The highest BCUT2D eigenvalue weighted by molar-refractivity contribution is 8.18. The van der Waals surface area contributed by atoms with Crippen LogP contribution in [-0.4, -0.2) is 36.2 Å². The van der Waals surface area contributed by atoms with E-state index in [9.17, 15) is 18.0 Å². The molecule has 1 aromatic carbocycles. The topological polar surface area (TPSA) is 89.1 Å². The summed E-state index contributed by atoms with van der Waals surface area (Å²) in [6.07, 6.45) is -2.38. The number of benzene rings is 1. The van der Waals surface area contributed by atoms with Crippen molar-refractivity contribution < 1.29 is 22.7 Å². The number of guanidine groups is 1. The largest absolute Gasteiger partial charge is 0.491 e. The van der Waals surface area contributed by atoms with Crippen molar-refractivity contribution in [1.82, 2.24) is 5.32 Å². The number of hydrogen-bond acceptors (Lipinski definition) is 6. The van der Waals surface area contributed by atoms with Gasteiger partial charge in [-0.2, -0.15) is 13.2 Å². The highest BCUT2D eigenvalue weighted by Crippen LogP contribution is 2.49. The molecule has 3 aliphatic rings. The number of thioether (sulfide) groups is 1. The molecule has 0 aliphatic carbocycles. The number of halogens is 5. The third kappa shape index (κ3) is 3.93. The van der Waals surface area contributed by atoms with Gasteiger partial charge in [0.2, 0.25) is 5.96 Å². The summed E-state index contributed by atoms with van der Waals surface area (Å²) in [6, 6.07) is 0.964. The van der Waals surface area contributed by atoms with E-state index in [4.69, 9.17) is 33.7 Å². The Morgan fingerprint density at radius 3 is 2.86 bits per heavy atom. The predicted octanol–water partition coefficient (Wildman–Crippen LogP) is 3.62. The molecular weight excluding hydrogens is 452 g/mol. The Kier molecular flexibility index (Phi) is 5.20. The minimum atomic E-state index is -4.50. The SMILES string of the molecule is NC1=NC(c2c(Cl)cc(Cl)c3c2CCO3)C2C=C(C(=O)NCC(F)(F)F)SC2=N1. The average Bonchev–Trinajstić information content (AvgIpc) is 3.26. The summed E-state index contributed by atoms with van der Waals surface area (Å²) < 4.78 is 42.8. The molecule has 1 aromatic rings. The number of nitrogens with zero attached hydrogens (tertiary/aromatic N) is 2. The Morgan fingerprint density at radius 1 is 1.38 bits per heavy atom. The fourth-order valence-electron chi connectivity index (χ4n) is 3.42. The van der Waals surface area contributed by atoms with Gasteiger partial charge < -0.3 is 15.8 Å². The number of hydrogen-bond donors (Lipinski definition) is 2. The Balaban J connectivity index is 1.68. The van der Waals surface area contributed by atoms with Crippen LogP contribution >= 0.6 is 35.0 Å². The van der Waals surface area contributed by atoms with E-state index < -0.39 is 30.6 Å². The molecule has 154 valence electrons. The van der Waals surface area contributed by atoms with E-state index in [1.54, 1.807) is 12.1 Å². The van der Waals surface area contributed by atoms with Crippen LogP contribution in [0.5, 0.6) is 5.75 Å². The second-order valence-corrected chi connectivity index (χ2v) is 8.38. The molecule has 0 bridgehead atoms. The number of nitrogens with two attached hydrogens (primary N) is 1. The molecule has 3 aliphatic heterocycles. The molecule has 29 heavy (non-hydrogen) atoms. The number of fused-ring (bicyclic) bond motifs is 2. The van der Waals surface area contributed by atoms with Crippen LogP contribution in [0.4, 0.5) is 13.2 Å². The van der Waals surface area contributed by atoms with Crippen molar-refractivity contribution in [2.24, 2.45) is 21.6 Å². The van der Waals surface area contributed by atoms with Crippen molar-refractivity contribution in [3.05, 3.63) is 38.2 Å². The smallest absolute Gasteiger partial charge is 0.405 e. The van der Waals surface area contributed by atoms with E-state index in [0.29, 0.717) is 39.4 Å². The summed E-state index contributed by atoms with van der Waals surface area (Å²) in [5.41, 5.74) is 7.33. The normalized spacial score (nSPS) is 22.9. The summed E-state index contributed by atoms with van der Waals surface area (Å²) >= 11 is 13.6. The number of aliphatic imine (C=N–C) groups is 2. The number of nitrogens with one attached hydrogen (secondary N) is 1. The monoisotopic (exact) mass is 464 g/mol. The Labute approximate surface area is 177 Å². The van der Waals surface area contributed by atoms with Crippen LogP contribution in [0.2, 0.25) is 10.0 Å². The summed E-state index contributed by atoms with van der Waals surface area (Å²) in [7, 11) is 0. The van der Waals surface area contributed by atoms with Gasteiger partial charge in [0.05, 0.1) is 33.5 Å². The van der Waals surface area contributed by atoms with Crippen LogP contribution in [-0.2, 0) is 11.2 Å². The molecular formula is C17H13Cl2F3N4O2S. The first-order valence-electron chi connectivity index (χ1n) is 8.44. The highest BCUT2D eigenvalue weighted by Gasteiger charge is 2.40. The average molecular weight is 465 g/mol. The summed E-state index contributed by atoms with van der Waals surface area (Å²) in [5, 5.41) is 3.09. The van der Waals surface area contributed by atoms with Gasteiger partial charge in [-0.25, -0.2) is 9.98 Å². The Bertz CT molecular complexity index is 994. The van der Waals surface area contributed by atoms with Crippen LogP contribution in [0.25, 0.3) is 0 Å². The van der Waals surface area contributed by atoms with Gasteiger partial charge in [0, 0.05) is 22.6 Å². The predicted molar refractivity (Wildman–Crippen MR) is 106 cm³/mol. The fraction of sp³-hybridized carbons (Fsp3) is 0.353. The third-order valence-corrected chi connectivity index (χ3v) is 6.27. The maximum Gasteiger partial charge on any atom is 0.405 e. The Morgan fingerprint density at radius 2 is 2.14 bits per heavy atom. The van der Waals surface area contributed by atoms with Crippen molar-refractivity contribution in [1.29, 1.82) is 0 Å². The number of ether oxygens (including phenoxy) is 1. The molecule has 0 saturated heterocycles. The van der Waals surface area contributed by atoms with Crippen LogP contribution in [0.1, 0.15) is 17.2 Å². The molecule has 0 fully saturated rings. The summed E-state index contributed by atoms with van der Waals surface area (Å²) in [4.78, 5) is 20.8. The summed E-state index contributed by atoms with van der Waals surface area (Å²) in [6.45, 7) is -0.980. The first-order valence-corrected chi connectivity index (χ1v) is 10.0. The quantitative estimate of drug-likeness (QED) is 0.714. The van der Waals surface area contributed by atoms with Gasteiger partial charge in [0.25, 0.3) is 5.91 Å². The lowest BCUT2D eigenvalue weighted by Gasteiger charge is -2.25. The molecule has 2 unspecified atom stereocenters. The Hall–Kier alpha value is -1.91. The second-order valence-electron chi connectivity index (χ2n) is 6.50. The van der Waals surface area contributed by atoms with Crippen LogP contribution in [0.15, 0.2) is 27.0 Å². The molecule has 4 rings (SSSR count). The van der Waals surface area contributed by atoms with Gasteiger partial charge in [0.1, 0.15) is 12.3 Å². The lowest BCUT2D eigenvalue weighted by molar-refractivity contribution is -0.135. The zero-order chi connectivity index (χ0) is 20.9. The molecule has 6 nitrogen and oxygen atoms in total. The van der Waals surface area contributed by atoms with Gasteiger partial charge in [-0.05, 0) is 6.07 Å². The zero-order valence-corrected chi connectivity index (χ0v) is 16.8. The maximum absolute atomic E-state index is 12.4. The molecule has 1 amide bonds. The van der Waals surface area contributed by atoms with Crippen LogP contribution < -0.4 is 15.8 Å². The minimum absolute atomic E-state index is 0.00205. The first kappa shape index (κ1) is 20.4. The number of rotatable bonds is 3. The maximum atomic E-state index is 12.4. The fourth-order valence-corrected chi connectivity index (χ4v) is 5.16. The van der Waals surface area contributed by atoms with Crippen molar-refractivity contribution in [2.45, 2.75) is 18.6 Å². The van der Waals surface area contributed by atoms with E-state index in [2.05, 4.69) is 9.98 Å². The van der Waals surface area contributed by atoms with Crippen LogP contribution in [0.3, 0.4) is 0 Å². The number of carbonyl (C=O) groups is 1. The van der Waals surface area contributed by atoms with Gasteiger partial charge in [0.15, 0.2) is 0 Å². The molecule has 0 aromatic heterocycles.